The molecule has 0 saturated heterocycles. The maximum Gasteiger partial charge on any atom is 0.265 e. The highest BCUT2D eigenvalue weighted by atomic mass is 32.2. The van der Waals surface area contributed by atoms with Gasteiger partial charge >= 0.3 is 0 Å². The van der Waals surface area contributed by atoms with Crippen molar-refractivity contribution in [2.24, 2.45) is 7.05 Å². The van der Waals surface area contributed by atoms with Crippen LogP contribution in [0.2, 0.25) is 0 Å². The largest absolute Gasteiger partial charge is 0.280 e. The van der Waals surface area contributed by atoms with Crippen molar-refractivity contribution in [3.63, 3.8) is 0 Å². The Labute approximate surface area is 136 Å². The molecule has 2 aromatic rings. The number of nitrogens with zero attached hydrogens (tertiary/aromatic N) is 3. The summed E-state index contributed by atoms with van der Waals surface area (Å²) in [6.07, 6.45) is 7.37. The van der Waals surface area contributed by atoms with Crippen LogP contribution in [0.15, 0.2) is 17.3 Å². The second-order valence-electron chi connectivity index (χ2n) is 6.49. The maximum absolute atomic E-state index is 12.9. The van der Waals surface area contributed by atoms with E-state index in [-0.39, 0.29) is 16.7 Å². The average Bonchev–Trinajstić information content (AvgIpc) is 3.16. The minimum Gasteiger partial charge on any atom is -0.280 e. The number of anilines is 1. The van der Waals surface area contributed by atoms with Gasteiger partial charge in [0.15, 0.2) is 0 Å². The summed E-state index contributed by atoms with van der Waals surface area (Å²) in [6, 6.07) is 0. The molecule has 8 heteroatoms. The third-order valence-corrected chi connectivity index (χ3v) is 5.73. The Morgan fingerprint density at radius 2 is 2.04 bits per heavy atom. The lowest BCUT2D eigenvalue weighted by Crippen LogP contribution is -2.16. The molecule has 23 heavy (non-hydrogen) atoms. The summed E-state index contributed by atoms with van der Waals surface area (Å²) in [6.45, 7) is 3.97. The van der Waals surface area contributed by atoms with Crippen LogP contribution in [0.1, 0.15) is 62.8 Å². The van der Waals surface area contributed by atoms with Crippen LogP contribution in [0.5, 0.6) is 0 Å². The fourth-order valence-corrected chi connectivity index (χ4v) is 4.53. The van der Waals surface area contributed by atoms with E-state index >= 15 is 0 Å². The van der Waals surface area contributed by atoms with Gasteiger partial charge in [0, 0.05) is 19.2 Å². The van der Waals surface area contributed by atoms with Gasteiger partial charge in [0.2, 0.25) is 0 Å². The minimum absolute atomic E-state index is 0.151. The molecule has 1 fully saturated rings. The molecule has 2 aromatic heterocycles. The smallest absolute Gasteiger partial charge is 0.265 e. The van der Waals surface area contributed by atoms with E-state index in [1.807, 2.05) is 13.8 Å². The van der Waals surface area contributed by atoms with Gasteiger partial charge in [-0.05, 0) is 18.8 Å². The van der Waals surface area contributed by atoms with Crippen LogP contribution < -0.4 is 4.72 Å². The van der Waals surface area contributed by atoms with Gasteiger partial charge in [-0.2, -0.15) is 10.2 Å². The van der Waals surface area contributed by atoms with Crippen LogP contribution in [0, 0.1) is 0 Å². The number of rotatable bonds is 5. The molecule has 0 atom stereocenters. The summed E-state index contributed by atoms with van der Waals surface area (Å²) >= 11 is 0. The molecule has 2 heterocycles. The molecule has 0 amide bonds. The molecular formula is C15H23N5O2S. The molecule has 0 spiro atoms. The van der Waals surface area contributed by atoms with Gasteiger partial charge in [-0.3, -0.25) is 14.5 Å². The molecule has 3 rings (SSSR count). The Bertz CT molecular complexity index is 785. The molecule has 0 aromatic carbocycles. The molecule has 0 aliphatic heterocycles. The average molecular weight is 337 g/mol. The van der Waals surface area contributed by atoms with E-state index in [0.29, 0.717) is 11.4 Å². The molecule has 0 bridgehead atoms. The Hall–Kier alpha value is -1.83. The molecule has 126 valence electrons. The first-order chi connectivity index (χ1) is 10.9. The van der Waals surface area contributed by atoms with Gasteiger partial charge in [-0.15, -0.1) is 0 Å². The Morgan fingerprint density at radius 3 is 2.70 bits per heavy atom. The third-order valence-electron chi connectivity index (χ3n) is 4.34. The summed E-state index contributed by atoms with van der Waals surface area (Å²) in [7, 11) is -1.92. The number of H-pyrrole nitrogens is 1. The molecule has 0 radical (unpaired) electrons. The van der Waals surface area contributed by atoms with Crippen molar-refractivity contribution in [2.45, 2.75) is 56.3 Å². The van der Waals surface area contributed by atoms with Crippen molar-refractivity contribution in [1.82, 2.24) is 20.0 Å². The SMILES string of the molecule is CC(C)c1[nH]ncc1NS(=O)(=O)c1cn(C)nc1C1CCCC1. The Kier molecular flexibility index (Phi) is 4.18. The van der Waals surface area contributed by atoms with Gasteiger partial charge < -0.3 is 0 Å². The molecule has 1 saturated carbocycles. The lowest BCUT2D eigenvalue weighted by molar-refractivity contribution is 0.595. The fraction of sp³-hybridized carbons (Fsp3) is 0.600. The van der Waals surface area contributed by atoms with Crippen LogP contribution in [0.3, 0.4) is 0 Å². The zero-order chi connectivity index (χ0) is 16.6. The van der Waals surface area contributed by atoms with Crippen LogP contribution in [0.25, 0.3) is 0 Å². The van der Waals surface area contributed by atoms with Crippen LogP contribution in [0.4, 0.5) is 5.69 Å². The van der Waals surface area contributed by atoms with Crippen molar-refractivity contribution >= 4 is 15.7 Å². The standard InChI is InChI=1S/C15H23N5O2S/c1-10(2)14-12(8-16-17-14)19-23(21,22)13-9-20(3)18-15(13)11-6-4-5-7-11/h8-11,19H,4-7H2,1-3H3,(H,16,17). The zero-order valence-corrected chi connectivity index (χ0v) is 14.5. The number of nitrogens with one attached hydrogen (secondary N) is 2. The van der Waals surface area contributed by atoms with Crippen LogP contribution in [-0.4, -0.2) is 28.4 Å². The molecule has 1 aliphatic rings. The lowest BCUT2D eigenvalue weighted by atomic mass is 10.1. The van der Waals surface area contributed by atoms with Gasteiger partial charge in [-0.25, -0.2) is 8.42 Å². The highest BCUT2D eigenvalue weighted by Crippen LogP contribution is 2.37. The lowest BCUT2D eigenvalue weighted by Gasteiger charge is -2.12. The Balaban J connectivity index is 1.95. The van der Waals surface area contributed by atoms with E-state index in [1.165, 1.54) is 6.20 Å². The molecular weight excluding hydrogens is 314 g/mol. The normalized spacial score (nSPS) is 16.3. The molecule has 2 N–H and O–H groups in total. The summed E-state index contributed by atoms with van der Waals surface area (Å²) in [5.74, 6) is 0.384. The predicted molar refractivity (Wildman–Crippen MR) is 87.9 cm³/mol. The summed E-state index contributed by atoms with van der Waals surface area (Å²) < 4.78 is 30.0. The first-order valence-electron chi connectivity index (χ1n) is 7.98. The topological polar surface area (TPSA) is 92.7 Å². The van der Waals surface area contributed by atoms with Crippen LogP contribution in [-0.2, 0) is 17.1 Å². The predicted octanol–water partition coefficient (Wildman–Crippen LogP) is 2.73. The zero-order valence-electron chi connectivity index (χ0n) is 13.7. The first kappa shape index (κ1) is 16.0. The van der Waals surface area contributed by atoms with Gasteiger partial charge in [-0.1, -0.05) is 26.7 Å². The Morgan fingerprint density at radius 1 is 1.35 bits per heavy atom. The van der Waals surface area contributed by atoms with Crippen LogP contribution >= 0.6 is 0 Å². The number of hydrogen-bond donors (Lipinski definition) is 2. The van der Waals surface area contributed by atoms with E-state index in [4.69, 9.17) is 0 Å². The molecule has 7 nitrogen and oxygen atoms in total. The fourth-order valence-electron chi connectivity index (χ4n) is 3.19. The number of aromatic amines is 1. The quantitative estimate of drug-likeness (QED) is 0.877. The molecule has 0 unspecified atom stereocenters. The third kappa shape index (κ3) is 3.12. The number of aryl methyl sites for hydroxylation is 1. The summed E-state index contributed by atoms with van der Waals surface area (Å²) in [5.41, 5.74) is 1.97. The van der Waals surface area contributed by atoms with Crippen molar-refractivity contribution in [3.05, 3.63) is 23.8 Å². The first-order valence-corrected chi connectivity index (χ1v) is 9.46. The van der Waals surface area contributed by atoms with Crippen molar-refractivity contribution in [3.8, 4) is 0 Å². The second kappa shape index (κ2) is 5.99. The monoisotopic (exact) mass is 337 g/mol. The van der Waals surface area contributed by atoms with Crippen molar-refractivity contribution < 1.29 is 8.42 Å². The molecule has 1 aliphatic carbocycles. The second-order valence-corrected chi connectivity index (χ2v) is 8.14. The van der Waals surface area contributed by atoms with Crippen molar-refractivity contribution in [2.75, 3.05) is 4.72 Å². The maximum atomic E-state index is 12.9. The highest BCUT2D eigenvalue weighted by Gasteiger charge is 2.30. The van der Waals surface area contributed by atoms with Crippen molar-refractivity contribution in [1.29, 1.82) is 0 Å². The van der Waals surface area contributed by atoms with Gasteiger partial charge in [0.1, 0.15) is 4.90 Å². The van der Waals surface area contributed by atoms with E-state index in [9.17, 15) is 8.42 Å². The van der Waals surface area contributed by atoms with Gasteiger partial charge in [0.25, 0.3) is 10.0 Å². The van der Waals surface area contributed by atoms with Gasteiger partial charge in [0.05, 0.1) is 23.3 Å². The highest BCUT2D eigenvalue weighted by molar-refractivity contribution is 7.92. The minimum atomic E-state index is -3.68. The van der Waals surface area contributed by atoms with E-state index in [1.54, 1.807) is 17.9 Å². The number of hydrogen-bond acceptors (Lipinski definition) is 4. The number of aromatic nitrogens is 4. The summed E-state index contributed by atoms with van der Waals surface area (Å²) in [5, 5.41) is 11.2. The van der Waals surface area contributed by atoms with E-state index in [0.717, 1.165) is 31.4 Å². The van der Waals surface area contributed by atoms with E-state index in [2.05, 4.69) is 20.0 Å². The number of sulfonamides is 1. The van der Waals surface area contributed by atoms with E-state index < -0.39 is 10.0 Å². The summed E-state index contributed by atoms with van der Waals surface area (Å²) in [4.78, 5) is 0.280.